The minimum absolute atomic E-state index is 0.165. The number of hydrogen-bond donors (Lipinski definition) is 3. The van der Waals surface area contributed by atoms with Crippen LogP contribution in [-0.4, -0.2) is 20.7 Å². The molecule has 0 spiro atoms. The maximum Gasteiger partial charge on any atom is 0.315 e. The number of amides is 2. The molecule has 1 unspecified atom stereocenters. The molecule has 1 atom stereocenters. The third kappa shape index (κ3) is 6.39. The number of sulfonamides is 1. The van der Waals surface area contributed by atoms with Gasteiger partial charge in [-0.05, 0) is 36.2 Å². The van der Waals surface area contributed by atoms with E-state index in [2.05, 4.69) is 31.3 Å². The quantitative estimate of drug-likeness (QED) is 0.662. The van der Waals surface area contributed by atoms with Gasteiger partial charge in [-0.2, -0.15) is 0 Å². The second kappa shape index (κ2) is 8.35. The lowest BCUT2D eigenvalue weighted by atomic mass is 10.1. The molecule has 2 aromatic rings. The van der Waals surface area contributed by atoms with Gasteiger partial charge in [0.05, 0.1) is 18.0 Å². The van der Waals surface area contributed by atoms with Gasteiger partial charge in [0.1, 0.15) is 0 Å². The molecule has 0 aliphatic carbocycles. The highest BCUT2D eigenvalue weighted by Crippen LogP contribution is 2.18. The average molecular weight is 426 g/mol. The van der Waals surface area contributed by atoms with Crippen LogP contribution < -0.4 is 15.4 Å². The Kier molecular flexibility index (Phi) is 6.44. The Bertz CT molecular complexity index is 856. The number of carbonyl (C=O) groups is 1. The highest BCUT2D eigenvalue weighted by molar-refractivity contribution is 9.10. The first-order valence-corrected chi connectivity index (χ1v) is 10.3. The van der Waals surface area contributed by atoms with Crippen LogP contribution in [0.2, 0.25) is 0 Å². The van der Waals surface area contributed by atoms with E-state index >= 15 is 0 Å². The largest absolute Gasteiger partial charge is 0.334 e. The summed E-state index contributed by atoms with van der Waals surface area (Å²) in [6, 6.07) is 14.1. The Morgan fingerprint density at radius 2 is 1.88 bits per heavy atom. The van der Waals surface area contributed by atoms with Crippen LogP contribution in [-0.2, 0) is 16.6 Å². The Hall–Kier alpha value is -2.06. The van der Waals surface area contributed by atoms with Gasteiger partial charge < -0.3 is 10.6 Å². The number of anilines is 1. The molecule has 0 fully saturated rings. The summed E-state index contributed by atoms with van der Waals surface area (Å²) in [4.78, 5) is 12.1. The zero-order valence-corrected chi connectivity index (χ0v) is 16.3. The number of rotatable bonds is 6. The fourth-order valence-electron chi connectivity index (χ4n) is 2.26. The summed E-state index contributed by atoms with van der Waals surface area (Å²) in [5.74, 6) is 0. The molecule has 2 rings (SSSR count). The predicted octanol–water partition coefficient (Wildman–Crippen LogP) is 3.38. The molecule has 2 aromatic carbocycles. The lowest BCUT2D eigenvalue weighted by Gasteiger charge is -2.16. The number of para-hydroxylation sites is 1. The summed E-state index contributed by atoms with van der Waals surface area (Å²) >= 11 is 3.41. The average Bonchev–Trinajstić information content (AvgIpc) is 2.52. The molecule has 8 heteroatoms. The number of carbonyl (C=O) groups excluding carboxylic acids is 1. The van der Waals surface area contributed by atoms with Crippen LogP contribution in [0.4, 0.5) is 10.5 Å². The van der Waals surface area contributed by atoms with Crippen molar-refractivity contribution < 1.29 is 13.2 Å². The first kappa shape index (κ1) is 19.3. The van der Waals surface area contributed by atoms with Gasteiger partial charge in [-0.3, -0.25) is 4.72 Å². The van der Waals surface area contributed by atoms with Crippen molar-refractivity contribution in [2.75, 3.05) is 11.0 Å². The van der Waals surface area contributed by atoms with E-state index in [0.717, 1.165) is 16.3 Å². The lowest BCUT2D eigenvalue weighted by Crippen LogP contribution is -2.36. The van der Waals surface area contributed by atoms with E-state index in [4.69, 9.17) is 0 Å². The standard InChI is InChI=1S/C17H20BrN3O3S/c1-12(13-7-5-8-15(18)10-13)20-17(22)19-11-14-6-3-4-9-16(14)21-25(2,23)24/h3-10,12,21H,11H2,1-2H3,(H2,19,20,22). The van der Waals surface area contributed by atoms with E-state index in [0.29, 0.717) is 11.3 Å². The van der Waals surface area contributed by atoms with Gasteiger partial charge in [-0.25, -0.2) is 13.2 Å². The Morgan fingerprint density at radius 3 is 2.56 bits per heavy atom. The van der Waals surface area contributed by atoms with E-state index in [1.807, 2.05) is 31.2 Å². The fourth-order valence-corrected chi connectivity index (χ4v) is 3.27. The molecule has 0 heterocycles. The molecular formula is C17H20BrN3O3S. The van der Waals surface area contributed by atoms with E-state index in [1.54, 1.807) is 24.3 Å². The maximum absolute atomic E-state index is 12.1. The Labute approximate surface area is 156 Å². The molecule has 134 valence electrons. The van der Waals surface area contributed by atoms with Gasteiger partial charge in [0.15, 0.2) is 0 Å². The highest BCUT2D eigenvalue weighted by Gasteiger charge is 2.11. The lowest BCUT2D eigenvalue weighted by molar-refractivity contribution is 0.237. The second-order valence-corrected chi connectivity index (χ2v) is 8.30. The zero-order valence-electron chi connectivity index (χ0n) is 13.9. The van der Waals surface area contributed by atoms with E-state index in [9.17, 15) is 13.2 Å². The van der Waals surface area contributed by atoms with Crippen LogP contribution in [0.1, 0.15) is 24.1 Å². The smallest absolute Gasteiger partial charge is 0.315 e. The van der Waals surface area contributed by atoms with Gasteiger partial charge in [-0.15, -0.1) is 0 Å². The van der Waals surface area contributed by atoms with Crippen LogP contribution in [0.25, 0.3) is 0 Å². The molecule has 6 nitrogen and oxygen atoms in total. The van der Waals surface area contributed by atoms with E-state index < -0.39 is 10.0 Å². The van der Waals surface area contributed by atoms with Crippen molar-refractivity contribution in [1.29, 1.82) is 0 Å². The minimum Gasteiger partial charge on any atom is -0.334 e. The number of nitrogens with one attached hydrogen (secondary N) is 3. The van der Waals surface area contributed by atoms with E-state index in [-0.39, 0.29) is 18.6 Å². The molecular weight excluding hydrogens is 406 g/mol. The normalized spacial score (nSPS) is 12.3. The summed E-state index contributed by atoms with van der Waals surface area (Å²) < 4.78 is 26.2. The SMILES string of the molecule is CC(NC(=O)NCc1ccccc1NS(C)(=O)=O)c1cccc(Br)c1. The van der Waals surface area contributed by atoms with Crippen molar-refractivity contribution in [2.24, 2.45) is 0 Å². The zero-order chi connectivity index (χ0) is 18.4. The number of hydrogen-bond acceptors (Lipinski definition) is 3. The van der Waals surface area contributed by atoms with Crippen molar-refractivity contribution >= 4 is 37.7 Å². The van der Waals surface area contributed by atoms with Crippen molar-refractivity contribution in [3.05, 3.63) is 64.1 Å². The molecule has 0 aliphatic rings. The summed E-state index contributed by atoms with van der Waals surface area (Å²) in [7, 11) is -3.38. The number of urea groups is 1. The first-order valence-electron chi connectivity index (χ1n) is 7.60. The summed E-state index contributed by atoms with van der Waals surface area (Å²) in [5, 5.41) is 5.60. The molecule has 0 aromatic heterocycles. The predicted molar refractivity (Wildman–Crippen MR) is 103 cm³/mol. The van der Waals surface area contributed by atoms with Crippen molar-refractivity contribution in [3.8, 4) is 0 Å². The summed E-state index contributed by atoms with van der Waals surface area (Å²) in [6.45, 7) is 2.09. The van der Waals surface area contributed by atoms with Crippen LogP contribution >= 0.6 is 15.9 Å². The van der Waals surface area contributed by atoms with Crippen molar-refractivity contribution in [3.63, 3.8) is 0 Å². The molecule has 0 saturated heterocycles. The minimum atomic E-state index is -3.38. The molecule has 2 amide bonds. The summed E-state index contributed by atoms with van der Waals surface area (Å²) in [5.41, 5.74) is 2.10. The van der Waals surface area contributed by atoms with Gasteiger partial charge in [0, 0.05) is 11.0 Å². The van der Waals surface area contributed by atoms with Crippen LogP contribution in [0.5, 0.6) is 0 Å². The topological polar surface area (TPSA) is 87.3 Å². The second-order valence-electron chi connectivity index (χ2n) is 5.64. The van der Waals surface area contributed by atoms with Gasteiger partial charge >= 0.3 is 6.03 Å². The van der Waals surface area contributed by atoms with Gasteiger partial charge in [0.25, 0.3) is 0 Å². The number of benzene rings is 2. The Balaban J connectivity index is 1.96. The molecule has 0 aliphatic heterocycles. The molecule has 0 radical (unpaired) electrons. The number of halogens is 1. The third-order valence-corrected chi connectivity index (χ3v) is 4.53. The third-order valence-electron chi connectivity index (χ3n) is 3.45. The van der Waals surface area contributed by atoms with Crippen molar-refractivity contribution in [1.82, 2.24) is 10.6 Å². The molecule has 0 saturated carbocycles. The monoisotopic (exact) mass is 425 g/mol. The van der Waals surface area contributed by atoms with Crippen LogP contribution in [0.3, 0.4) is 0 Å². The van der Waals surface area contributed by atoms with E-state index in [1.165, 1.54) is 0 Å². The Morgan fingerprint density at radius 1 is 1.16 bits per heavy atom. The molecule has 0 bridgehead atoms. The van der Waals surface area contributed by atoms with Gasteiger partial charge in [0.2, 0.25) is 10.0 Å². The van der Waals surface area contributed by atoms with Crippen molar-refractivity contribution in [2.45, 2.75) is 19.5 Å². The highest BCUT2D eigenvalue weighted by atomic mass is 79.9. The van der Waals surface area contributed by atoms with Crippen LogP contribution in [0.15, 0.2) is 53.0 Å². The van der Waals surface area contributed by atoms with Crippen LogP contribution in [0, 0.1) is 0 Å². The fraction of sp³-hybridized carbons (Fsp3) is 0.235. The molecule has 25 heavy (non-hydrogen) atoms. The maximum atomic E-state index is 12.1. The summed E-state index contributed by atoms with van der Waals surface area (Å²) in [6.07, 6.45) is 1.09. The van der Waals surface area contributed by atoms with Gasteiger partial charge in [-0.1, -0.05) is 46.3 Å². The first-order chi connectivity index (χ1) is 11.7. The molecule has 3 N–H and O–H groups in total.